The van der Waals surface area contributed by atoms with Gasteiger partial charge in [-0.2, -0.15) is 13.2 Å². The van der Waals surface area contributed by atoms with Crippen molar-refractivity contribution in [1.29, 1.82) is 0 Å². The van der Waals surface area contributed by atoms with E-state index in [1.165, 1.54) is 12.3 Å². The molecule has 0 aliphatic carbocycles. The summed E-state index contributed by atoms with van der Waals surface area (Å²) in [4.78, 5) is 10.9. The van der Waals surface area contributed by atoms with Crippen molar-refractivity contribution in [1.82, 2.24) is 14.9 Å². The molecule has 0 unspecified atom stereocenters. The van der Waals surface area contributed by atoms with Crippen LogP contribution in [0.2, 0.25) is 0 Å². The second-order valence-corrected chi connectivity index (χ2v) is 6.23. The normalized spacial score (nSPS) is 19.1. The fourth-order valence-corrected chi connectivity index (χ4v) is 3.34. The summed E-state index contributed by atoms with van der Waals surface area (Å²) in [5.41, 5.74) is 0.971. The summed E-state index contributed by atoms with van der Waals surface area (Å²) in [7, 11) is 0. The van der Waals surface area contributed by atoms with Gasteiger partial charge in [0.1, 0.15) is 0 Å². The molecule has 1 N–H and O–H groups in total. The first-order chi connectivity index (χ1) is 12.0. The lowest BCUT2D eigenvalue weighted by atomic mass is 9.91. The first-order valence-electron chi connectivity index (χ1n) is 8.31. The van der Waals surface area contributed by atoms with Gasteiger partial charge < -0.3 is 10.0 Å². The predicted molar refractivity (Wildman–Crippen MR) is 88.0 cm³/mol. The lowest BCUT2D eigenvalue weighted by Crippen LogP contribution is -2.36. The van der Waals surface area contributed by atoms with Gasteiger partial charge in [-0.3, -0.25) is 9.97 Å². The van der Waals surface area contributed by atoms with Crippen molar-refractivity contribution >= 4 is 0 Å². The number of benzene rings is 1. The fourth-order valence-electron chi connectivity index (χ4n) is 3.34. The van der Waals surface area contributed by atoms with Gasteiger partial charge >= 0.3 is 6.18 Å². The van der Waals surface area contributed by atoms with E-state index in [0.29, 0.717) is 17.8 Å². The van der Waals surface area contributed by atoms with Gasteiger partial charge in [0.05, 0.1) is 23.6 Å². The number of aliphatic hydroxyl groups is 1. The van der Waals surface area contributed by atoms with Crippen LogP contribution in [0.25, 0.3) is 11.3 Å². The number of likely N-dealkylation sites (tertiary alicyclic amines) is 1. The number of hydrogen-bond donors (Lipinski definition) is 1. The molecule has 2 aromatic rings. The number of halogens is 3. The average Bonchev–Trinajstić information content (AvgIpc) is 2.62. The lowest BCUT2D eigenvalue weighted by molar-refractivity contribution is -0.137. The molecule has 1 aromatic heterocycles. The maximum atomic E-state index is 13.0. The number of β-amino-alcohol motifs (C(OH)–C–C–N with tert-alkyl or cyclic N) is 1. The molecule has 0 spiro atoms. The van der Waals surface area contributed by atoms with Gasteiger partial charge in [-0.1, -0.05) is 12.1 Å². The van der Waals surface area contributed by atoms with Crippen LogP contribution in [-0.2, 0) is 6.18 Å². The monoisotopic (exact) mass is 351 g/mol. The predicted octanol–water partition coefficient (Wildman–Crippen LogP) is 3.33. The number of alkyl halides is 3. The summed E-state index contributed by atoms with van der Waals surface area (Å²) in [6, 6.07) is 5.22. The Morgan fingerprint density at radius 2 is 2.00 bits per heavy atom. The molecule has 0 radical (unpaired) electrons. The first kappa shape index (κ1) is 17.8. The summed E-state index contributed by atoms with van der Waals surface area (Å²) >= 11 is 0. The van der Waals surface area contributed by atoms with Gasteiger partial charge in [0.15, 0.2) is 0 Å². The molecule has 1 aromatic carbocycles. The molecule has 4 nitrogen and oxygen atoms in total. The zero-order valence-corrected chi connectivity index (χ0v) is 13.7. The highest BCUT2D eigenvalue weighted by molar-refractivity contribution is 5.63. The minimum absolute atomic E-state index is 0.0909. The topological polar surface area (TPSA) is 49.2 Å². The molecule has 1 saturated heterocycles. The van der Waals surface area contributed by atoms with E-state index >= 15 is 0 Å². The Hall–Kier alpha value is -1.99. The zero-order valence-electron chi connectivity index (χ0n) is 13.7. The highest BCUT2D eigenvalue weighted by Gasteiger charge is 2.31. The second-order valence-electron chi connectivity index (χ2n) is 6.23. The Bertz CT molecular complexity index is 719. The molecule has 25 heavy (non-hydrogen) atoms. The maximum absolute atomic E-state index is 13.0. The van der Waals surface area contributed by atoms with Crippen molar-refractivity contribution < 1.29 is 18.3 Å². The third kappa shape index (κ3) is 4.16. The van der Waals surface area contributed by atoms with E-state index in [2.05, 4.69) is 14.9 Å². The Balaban J connectivity index is 1.94. The molecule has 0 saturated carbocycles. The van der Waals surface area contributed by atoms with E-state index in [-0.39, 0.29) is 12.5 Å². The summed E-state index contributed by atoms with van der Waals surface area (Å²) in [5, 5.41) is 9.14. The molecule has 7 heteroatoms. The number of aromatic nitrogens is 2. The van der Waals surface area contributed by atoms with Crippen LogP contribution in [0, 0.1) is 0 Å². The molecule has 0 bridgehead atoms. The summed E-state index contributed by atoms with van der Waals surface area (Å²) < 4.78 is 39.0. The van der Waals surface area contributed by atoms with Crippen LogP contribution in [0.5, 0.6) is 0 Å². The smallest absolute Gasteiger partial charge is 0.395 e. The number of rotatable bonds is 4. The standard InChI is InChI=1S/C18H20F3N3O/c19-18(20,21)15-5-1-3-13(11-15)16-17(23-7-6-22-16)14-4-2-8-24(12-14)9-10-25/h1,3,5-7,11,14,25H,2,4,8-10,12H2/t14-/m0/s1. The van der Waals surface area contributed by atoms with Crippen LogP contribution < -0.4 is 0 Å². The number of hydrogen-bond acceptors (Lipinski definition) is 4. The van der Waals surface area contributed by atoms with Crippen LogP contribution in [0.15, 0.2) is 36.7 Å². The Morgan fingerprint density at radius 1 is 1.20 bits per heavy atom. The van der Waals surface area contributed by atoms with Crippen LogP contribution in [-0.4, -0.2) is 46.2 Å². The minimum atomic E-state index is -4.39. The molecule has 2 heterocycles. The van der Waals surface area contributed by atoms with Crippen molar-refractivity contribution in [2.24, 2.45) is 0 Å². The van der Waals surface area contributed by atoms with Gasteiger partial charge in [-0.05, 0) is 31.5 Å². The second kappa shape index (κ2) is 7.49. The Kier molecular flexibility index (Phi) is 5.34. The van der Waals surface area contributed by atoms with E-state index in [9.17, 15) is 13.2 Å². The van der Waals surface area contributed by atoms with Crippen LogP contribution in [0.4, 0.5) is 13.2 Å². The van der Waals surface area contributed by atoms with Crippen molar-refractivity contribution in [3.8, 4) is 11.3 Å². The van der Waals surface area contributed by atoms with Crippen LogP contribution >= 0.6 is 0 Å². The van der Waals surface area contributed by atoms with Crippen LogP contribution in [0.3, 0.4) is 0 Å². The molecular formula is C18H20F3N3O. The van der Waals surface area contributed by atoms with Crippen molar-refractivity contribution in [2.45, 2.75) is 24.9 Å². The molecule has 1 atom stereocenters. The number of nitrogens with zero attached hydrogens (tertiary/aromatic N) is 3. The van der Waals surface area contributed by atoms with Gasteiger partial charge in [-0.15, -0.1) is 0 Å². The minimum Gasteiger partial charge on any atom is -0.395 e. The van der Waals surface area contributed by atoms with Gasteiger partial charge in [0, 0.05) is 37.0 Å². The van der Waals surface area contributed by atoms with Gasteiger partial charge in [0.2, 0.25) is 0 Å². The third-order valence-corrected chi connectivity index (χ3v) is 4.50. The van der Waals surface area contributed by atoms with E-state index < -0.39 is 11.7 Å². The molecular weight excluding hydrogens is 331 g/mol. The van der Waals surface area contributed by atoms with Crippen molar-refractivity contribution in [3.63, 3.8) is 0 Å². The maximum Gasteiger partial charge on any atom is 0.416 e. The fraction of sp³-hybridized carbons (Fsp3) is 0.444. The summed E-state index contributed by atoms with van der Waals surface area (Å²) in [6.45, 7) is 2.32. The number of piperidine rings is 1. The van der Waals surface area contributed by atoms with Crippen LogP contribution in [0.1, 0.15) is 30.0 Å². The molecule has 0 amide bonds. The average molecular weight is 351 g/mol. The number of aliphatic hydroxyl groups excluding tert-OH is 1. The lowest BCUT2D eigenvalue weighted by Gasteiger charge is -2.32. The molecule has 1 aliphatic heterocycles. The highest BCUT2D eigenvalue weighted by atomic mass is 19.4. The van der Waals surface area contributed by atoms with E-state index in [1.807, 2.05) is 0 Å². The van der Waals surface area contributed by atoms with Crippen molar-refractivity contribution in [3.05, 3.63) is 47.9 Å². The van der Waals surface area contributed by atoms with Crippen molar-refractivity contribution in [2.75, 3.05) is 26.2 Å². The first-order valence-corrected chi connectivity index (χ1v) is 8.31. The van der Waals surface area contributed by atoms with E-state index in [1.54, 1.807) is 12.3 Å². The largest absolute Gasteiger partial charge is 0.416 e. The highest BCUT2D eigenvalue weighted by Crippen LogP contribution is 2.35. The SMILES string of the molecule is OCCN1CCC[C@H](c2nccnc2-c2cccc(C(F)(F)F)c2)C1. The molecule has 134 valence electrons. The van der Waals surface area contributed by atoms with E-state index in [0.717, 1.165) is 43.8 Å². The summed E-state index contributed by atoms with van der Waals surface area (Å²) in [5.74, 6) is 0.0959. The molecule has 1 aliphatic rings. The molecule has 1 fully saturated rings. The quantitative estimate of drug-likeness (QED) is 0.918. The third-order valence-electron chi connectivity index (χ3n) is 4.50. The molecule has 3 rings (SSSR count). The van der Waals surface area contributed by atoms with E-state index in [4.69, 9.17) is 5.11 Å². The Morgan fingerprint density at radius 3 is 2.76 bits per heavy atom. The van der Waals surface area contributed by atoms with Gasteiger partial charge in [-0.25, -0.2) is 0 Å². The summed E-state index contributed by atoms with van der Waals surface area (Å²) in [6.07, 6.45) is 0.571. The Labute approximate surface area is 144 Å². The van der Waals surface area contributed by atoms with Gasteiger partial charge in [0.25, 0.3) is 0 Å². The zero-order chi connectivity index (χ0) is 17.9.